The summed E-state index contributed by atoms with van der Waals surface area (Å²) in [5.74, 6) is 0.662. The third-order valence-electron chi connectivity index (χ3n) is 5.31. The van der Waals surface area contributed by atoms with Gasteiger partial charge in [0.1, 0.15) is 5.75 Å². The Hall–Kier alpha value is -2.33. The summed E-state index contributed by atoms with van der Waals surface area (Å²) in [5, 5.41) is 3.01. The standard InChI is InChI=1S/C24H32N2O2/c1-3-23(28-22-13-7-19(2)8-14-22)24(27)25-17-20-9-11-21(12-10-20)18-26-15-5-4-6-16-26/h7-14,23H,3-6,15-18H2,1-2H3,(H,25,27)/t23-/m0/s1. The first kappa shape index (κ1) is 20.4. The Labute approximate surface area is 168 Å². The van der Waals surface area contributed by atoms with Gasteiger partial charge in [-0.1, -0.05) is 55.3 Å². The van der Waals surface area contributed by atoms with Gasteiger partial charge in [0.05, 0.1) is 0 Å². The SMILES string of the molecule is CC[C@H](Oc1ccc(C)cc1)C(=O)NCc1ccc(CN2CCCCC2)cc1. The molecule has 4 heteroatoms. The van der Waals surface area contributed by atoms with Crippen LogP contribution in [-0.2, 0) is 17.9 Å². The highest BCUT2D eigenvalue weighted by atomic mass is 16.5. The van der Waals surface area contributed by atoms with Gasteiger partial charge in [0, 0.05) is 13.1 Å². The molecule has 4 nitrogen and oxygen atoms in total. The van der Waals surface area contributed by atoms with Crippen molar-refractivity contribution in [1.29, 1.82) is 0 Å². The van der Waals surface area contributed by atoms with Crippen LogP contribution < -0.4 is 10.1 Å². The van der Waals surface area contributed by atoms with Gasteiger partial charge in [0.15, 0.2) is 6.10 Å². The summed E-state index contributed by atoms with van der Waals surface area (Å²) >= 11 is 0. The van der Waals surface area contributed by atoms with Crippen molar-refractivity contribution in [3.8, 4) is 5.75 Å². The molecule has 1 N–H and O–H groups in total. The van der Waals surface area contributed by atoms with E-state index >= 15 is 0 Å². The van der Waals surface area contributed by atoms with Crippen LogP contribution in [0.25, 0.3) is 0 Å². The molecule has 1 aliphatic rings. The monoisotopic (exact) mass is 380 g/mol. The van der Waals surface area contributed by atoms with Gasteiger partial charge in [0.2, 0.25) is 0 Å². The van der Waals surface area contributed by atoms with Gasteiger partial charge in [-0.15, -0.1) is 0 Å². The Morgan fingerprint density at radius 2 is 1.64 bits per heavy atom. The molecule has 1 amide bonds. The lowest BCUT2D eigenvalue weighted by molar-refractivity contribution is -0.128. The fourth-order valence-corrected chi connectivity index (χ4v) is 3.54. The van der Waals surface area contributed by atoms with Crippen molar-refractivity contribution in [1.82, 2.24) is 10.2 Å². The summed E-state index contributed by atoms with van der Waals surface area (Å²) in [5.41, 5.74) is 3.63. The molecule has 0 spiro atoms. The van der Waals surface area contributed by atoms with Crippen LogP contribution in [0, 0.1) is 6.92 Å². The number of piperidine rings is 1. The van der Waals surface area contributed by atoms with Crippen LogP contribution in [0.5, 0.6) is 5.75 Å². The van der Waals surface area contributed by atoms with E-state index in [1.165, 1.54) is 43.5 Å². The molecule has 0 aromatic heterocycles. The van der Waals surface area contributed by atoms with Gasteiger partial charge in [-0.05, 0) is 62.5 Å². The van der Waals surface area contributed by atoms with Crippen molar-refractivity contribution in [2.24, 2.45) is 0 Å². The van der Waals surface area contributed by atoms with Crippen LogP contribution in [0.2, 0.25) is 0 Å². The number of nitrogens with one attached hydrogen (secondary N) is 1. The highest BCUT2D eigenvalue weighted by Crippen LogP contribution is 2.16. The molecule has 1 aliphatic heterocycles. The van der Waals surface area contributed by atoms with Gasteiger partial charge < -0.3 is 10.1 Å². The largest absolute Gasteiger partial charge is 0.481 e. The highest BCUT2D eigenvalue weighted by Gasteiger charge is 2.18. The molecular formula is C24H32N2O2. The average Bonchev–Trinajstić information content (AvgIpc) is 2.73. The Bertz CT molecular complexity index is 734. The maximum Gasteiger partial charge on any atom is 0.261 e. The molecule has 1 atom stereocenters. The molecule has 0 aliphatic carbocycles. The number of amides is 1. The van der Waals surface area contributed by atoms with Gasteiger partial charge in [-0.25, -0.2) is 0 Å². The van der Waals surface area contributed by atoms with Crippen molar-refractivity contribution in [2.45, 2.75) is 58.7 Å². The fourth-order valence-electron chi connectivity index (χ4n) is 3.54. The van der Waals surface area contributed by atoms with E-state index in [4.69, 9.17) is 4.74 Å². The van der Waals surface area contributed by atoms with Gasteiger partial charge in [-0.2, -0.15) is 0 Å². The minimum absolute atomic E-state index is 0.0690. The van der Waals surface area contributed by atoms with Crippen molar-refractivity contribution < 1.29 is 9.53 Å². The number of hydrogen-bond acceptors (Lipinski definition) is 3. The molecule has 2 aromatic carbocycles. The topological polar surface area (TPSA) is 41.6 Å². The van der Waals surface area contributed by atoms with E-state index in [0.717, 1.165) is 17.9 Å². The lowest BCUT2D eigenvalue weighted by Gasteiger charge is -2.26. The van der Waals surface area contributed by atoms with Crippen LogP contribution >= 0.6 is 0 Å². The van der Waals surface area contributed by atoms with E-state index in [2.05, 4.69) is 34.5 Å². The Kier molecular flexibility index (Phi) is 7.49. The predicted octanol–water partition coefficient (Wildman–Crippen LogP) is 4.45. The third-order valence-corrected chi connectivity index (χ3v) is 5.31. The van der Waals surface area contributed by atoms with E-state index < -0.39 is 6.10 Å². The van der Waals surface area contributed by atoms with Crippen molar-refractivity contribution in [2.75, 3.05) is 13.1 Å². The smallest absolute Gasteiger partial charge is 0.261 e. The normalized spacial score (nSPS) is 15.8. The molecule has 0 radical (unpaired) electrons. The third kappa shape index (κ3) is 6.10. The van der Waals surface area contributed by atoms with Crippen LogP contribution in [0.15, 0.2) is 48.5 Å². The summed E-state index contributed by atoms with van der Waals surface area (Å²) in [6, 6.07) is 16.4. The number of hydrogen-bond donors (Lipinski definition) is 1. The zero-order chi connectivity index (χ0) is 19.8. The fraction of sp³-hybridized carbons (Fsp3) is 0.458. The summed E-state index contributed by atoms with van der Waals surface area (Å²) in [6.07, 6.45) is 4.15. The molecule has 1 saturated heterocycles. The summed E-state index contributed by atoms with van der Waals surface area (Å²) in [6.45, 7) is 7.96. The molecular weight excluding hydrogens is 348 g/mol. The Morgan fingerprint density at radius 1 is 1.00 bits per heavy atom. The van der Waals surface area contributed by atoms with Crippen LogP contribution in [0.4, 0.5) is 0 Å². The number of ether oxygens (including phenoxy) is 1. The van der Waals surface area contributed by atoms with Gasteiger partial charge in [0.25, 0.3) is 5.91 Å². The number of carbonyl (C=O) groups is 1. The molecule has 0 bridgehead atoms. The quantitative estimate of drug-likeness (QED) is 0.735. The second-order valence-electron chi connectivity index (χ2n) is 7.70. The second kappa shape index (κ2) is 10.3. The van der Waals surface area contributed by atoms with E-state index in [-0.39, 0.29) is 5.91 Å². The van der Waals surface area contributed by atoms with Gasteiger partial charge >= 0.3 is 0 Å². The summed E-state index contributed by atoms with van der Waals surface area (Å²) in [4.78, 5) is 15.0. The van der Waals surface area contributed by atoms with Gasteiger partial charge in [-0.3, -0.25) is 9.69 Å². The maximum atomic E-state index is 12.5. The average molecular weight is 381 g/mol. The first-order valence-corrected chi connectivity index (χ1v) is 10.5. The van der Waals surface area contributed by atoms with Crippen LogP contribution in [0.1, 0.15) is 49.3 Å². The number of likely N-dealkylation sites (tertiary alicyclic amines) is 1. The number of rotatable bonds is 8. The molecule has 1 heterocycles. The Morgan fingerprint density at radius 3 is 2.29 bits per heavy atom. The van der Waals surface area contributed by atoms with E-state index in [9.17, 15) is 4.79 Å². The molecule has 2 aromatic rings. The van der Waals surface area contributed by atoms with E-state index in [1.54, 1.807) is 0 Å². The van der Waals surface area contributed by atoms with Crippen LogP contribution in [-0.4, -0.2) is 30.0 Å². The number of benzene rings is 2. The predicted molar refractivity (Wildman–Crippen MR) is 113 cm³/mol. The summed E-state index contributed by atoms with van der Waals surface area (Å²) < 4.78 is 5.85. The van der Waals surface area contributed by atoms with E-state index in [0.29, 0.717) is 13.0 Å². The number of aryl methyl sites for hydroxylation is 1. The zero-order valence-corrected chi connectivity index (χ0v) is 17.1. The first-order valence-electron chi connectivity index (χ1n) is 10.5. The minimum atomic E-state index is -0.471. The molecule has 0 saturated carbocycles. The Balaban J connectivity index is 1.47. The second-order valence-corrected chi connectivity index (χ2v) is 7.70. The van der Waals surface area contributed by atoms with Crippen molar-refractivity contribution in [3.05, 3.63) is 65.2 Å². The highest BCUT2D eigenvalue weighted by molar-refractivity contribution is 5.81. The number of carbonyl (C=O) groups excluding carboxylic acids is 1. The molecule has 150 valence electrons. The van der Waals surface area contributed by atoms with Crippen LogP contribution in [0.3, 0.4) is 0 Å². The summed E-state index contributed by atoms with van der Waals surface area (Å²) in [7, 11) is 0. The minimum Gasteiger partial charge on any atom is -0.481 e. The van der Waals surface area contributed by atoms with Crippen molar-refractivity contribution in [3.63, 3.8) is 0 Å². The van der Waals surface area contributed by atoms with Crippen molar-refractivity contribution >= 4 is 5.91 Å². The lowest BCUT2D eigenvalue weighted by atomic mass is 10.1. The number of nitrogens with zero attached hydrogens (tertiary/aromatic N) is 1. The molecule has 28 heavy (non-hydrogen) atoms. The first-order chi connectivity index (χ1) is 13.6. The molecule has 1 fully saturated rings. The maximum absolute atomic E-state index is 12.5. The molecule has 0 unspecified atom stereocenters. The lowest BCUT2D eigenvalue weighted by Crippen LogP contribution is -2.37. The van der Waals surface area contributed by atoms with E-state index in [1.807, 2.05) is 38.1 Å². The molecule has 3 rings (SSSR count). The zero-order valence-electron chi connectivity index (χ0n) is 17.1.